The van der Waals surface area contributed by atoms with Crippen molar-refractivity contribution in [3.63, 3.8) is 0 Å². The smallest absolute Gasteiger partial charge is 0.0643 e. The Morgan fingerprint density at radius 1 is 1.54 bits per heavy atom. The summed E-state index contributed by atoms with van der Waals surface area (Å²) in [4.78, 5) is 0. The second-order valence-electron chi connectivity index (χ2n) is 4.10. The SMILES string of the molecule is CC#CCCNC1COC(C)(C)C1. The minimum Gasteiger partial charge on any atom is -0.374 e. The fourth-order valence-corrected chi connectivity index (χ4v) is 1.63. The van der Waals surface area contributed by atoms with Gasteiger partial charge in [-0.1, -0.05) is 0 Å². The van der Waals surface area contributed by atoms with Gasteiger partial charge in [-0.15, -0.1) is 11.8 Å². The summed E-state index contributed by atoms with van der Waals surface area (Å²) in [5.74, 6) is 5.93. The van der Waals surface area contributed by atoms with Crippen molar-refractivity contribution in [1.29, 1.82) is 0 Å². The number of ether oxygens (including phenoxy) is 1. The average Bonchev–Trinajstić information content (AvgIpc) is 2.40. The van der Waals surface area contributed by atoms with Crippen LogP contribution in [0.15, 0.2) is 0 Å². The molecule has 0 saturated carbocycles. The molecule has 1 unspecified atom stereocenters. The van der Waals surface area contributed by atoms with Crippen LogP contribution < -0.4 is 5.32 Å². The first kappa shape index (κ1) is 10.6. The van der Waals surface area contributed by atoms with Gasteiger partial charge in [0.05, 0.1) is 12.2 Å². The summed E-state index contributed by atoms with van der Waals surface area (Å²) in [6.07, 6.45) is 2.04. The highest BCUT2D eigenvalue weighted by atomic mass is 16.5. The van der Waals surface area contributed by atoms with Crippen LogP contribution in [0.3, 0.4) is 0 Å². The first-order valence-corrected chi connectivity index (χ1v) is 4.91. The Hall–Kier alpha value is -0.520. The van der Waals surface area contributed by atoms with Crippen LogP contribution in [0.25, 0.3) is 0 Å². The normalized spacial score (nSPS) is 25.3. The van der Waals surface area contributed by atoms with Crippen molar-refractivity contribution in [2.45, 2.75) is 45.3 Å². The van der Waals surface area contributed by atoms with Gasteiger partial charge in [-0.25, -0.2) is 0 Å². The van der Waals surface area contributed by atoms with Gasteiger partial charge in [0, 0.05) is 19.0 Å². The lowest BCUT2D eigenvalue weighted by Crippen LogP contribution is -2.31. The van der Waals surface area contributed by atoms with Crippen LogP contribution in [0.4, 0.5) is 0 Å². The summed E-state index contributed by atoms with van der Waals surface area (Å²) < 4.78 is 5.61. The number of nitrogens with one attached hydrogen (secondary N) is 1. The van der Waals surface area contributed by atoms with Gasteiger partial charge in [0.2, 0.25) is 0 Å². The third-order valence-corrected chi connectivity index (χ3v) is 2.27. The number of hydrogen-bond acceptors (Lipinski definition) is 2. The summed E-state index contributed by atoms with van der Waals surface area (Å²) in [5.41, 5.74) is 0.0636. The van der Waals surface area contributed by atoms with Crippen LogP contribution in [0.5, 0.6) is 0 Å². The van der Waals surface area contributed by atoms with Gasteiger partial charge in [-0.3, -0.25) is 0 Å². The molecule has 2 heteroatoms. The van der Waals surface area contributed by atoms with E-state index in [1.54, 1.807) is 0 Å². The zero-order valence-corrected chi connectivity index (χ0v) is 8.81. The summed E-state index contributed by atoms with van der Waals surface area (Å²) in [7, 11) is 0. The molecule has 0 spiro atoms. The molecule has 1 rings (SSSR count). The van der Waals surface area contributed by atoms with Crippen molar-refractivity contribution >= 4 is 0 Å². The van der Waals surface area contributed by atoms with E-state index in [1.807, 2.05) is 6.92 Å². The molecular formula is C11H19NO. The predicted molar refractivity (Wildman–Crippen MR) is 54.5 cm³/mol. The lowest BCUT2D eigenvalue weighted by atomic mass is 10.0. The first-order valence-electron chi connectivity index (χ1n) is 4.91. The van der Waals surface area contributed by atoms with Crippen LogP contribution in [-0.4, -0.2) is 24.8 Å². The Bertz CT molecular complexity index is 212. The van der Waals surface area contributed by atoms with E-state index in [4.69, 9.17) is 4.74 Å². The molecule has 0 aromatic heterocycles. The minimum absolute atomic E-state index is 0.0636. The molecule has 1 atom stereocenters. The van der Waals surface area contributed by atoms with E-state index >= 15 is 0 Å². The Morgan fingerprint density at radius 3 is 2.85 bits per heavy atom. The molecule has 1 aliphatic rings. The molecule has 1 N–H and O–H groups in total. The molecule has 0 aromatic rings. The number of hydrogen-bond donors (Lipinski definition) is 1. The van der Waals surface area contributed by atoms with Gasteiger partial charge in [0.15, 0.2) is 0 Å². The molecule has 1 saturated heterocycles. The lowest BCUT2D eigenvalue weighted by molar-refractivity contribution is 0.0357. The van der Waals surface area contributed by atoms with Gasteiger partial charge < -0.3 is 10.1 Å². The highest BCUT2D eigenvalue weighted by molar-refractivity contribution is 4.95. The van der Waals surface area contributed by atoms with E-state index < -0.39 is 0 Å². The van der Waals surface area contributed by atoms with E-state index in [0.717, 1.165) is 26.0 Å². The van der Waals surface area contributed by atoms with Crippen molar-refractivity contribution in [2.24, 2.45) is 0 Å². The summed E-state index contributed by atoms with van der Waals surface area (Å²) in [5, 5.41) is 3.44. The van der Waals surface area contributed by atoms with Gasteiger partial charge in [-0.05, 0) is 27.2 Å². The summed E-state index contributed by atoms with van der Waals surface area (Å²) in [6, 6.07) is 0.522. The lowest BCUT2D eigenvalue weighted by Gasteiger charge is -2.15. The number of rotatable bonds is 3. The topological polar surface area (TPSA) is 21.3 Å². The Labute approximate surface area is 81.0 Å². The largest absolute Gasteiger partial charge is 0.374 e. The maximum absolute atomic E-state index is 5.61. The second-order valence-corrected chi connectivity index (χ2v) is 4.10. The van der Waals surface area contributed by atoms with Crippen molar-refractivity contribution in [3.05, 3.63) is 0 Å². The van der Waals surface area contributed by atoms with Crippen molar-refractivity contribution in [3.8, 4) is 11.8 Å². The molecule has 13 heavy (non-hydrogen) atoms. The molecule has 0 amide bonds. The maximum Gasteiger partial charge on any atom is 0.0643 e. The Kier molecular flexibility index (Phi) is 3.77. The van der Waals surface area contributed by atoms with Gasteiger partial charge in [0.25, 0.3) is 0 Å². The van der Waals surface area contributed by atoms with E-state index in [0.29, 0.717) is 6.04 Å². The van der Waals surface area contributed by atoms with Crippen molar-refractivity contribution in [1.82, 2.24) is 5.32 Å². The minimum atomic E-state index is 0.0636. The molecule has 1 heterocycles. The zero-order valence-electron chi connectivity index (χ0n) is 8.81. The molecule has 0 aromatic carbocycles. The van der Waals surface area contributed by atoms with E-state index in [9.17, 15) is 0 Å². The zero-order chi connectivity index (χ0) is 9.73. The first-order chi connectivity index (χ1) is 6.14. The predicted octanol–water partition coefficient (Wildman–Crippen LogP) is 1.56. The van der Waals surface area contributed by atoms with Crippen LogP contribution in [0, 0.1) is 11.8 Å². The quantitative estimate of drug-likeness (QED) is 0.527. The standard InChI is InChI=1S/C11H19NO/c1-4-5-6-7-12-10-8-11(2,3)13-9-10/h10,12H,6-9H2,1-3H3. The Balaban J connectivity index is 2.13. The van der Waals surface area contributed by atoms with E-state index in [1.165, 1.54) is 0 Å². The van der Waals surface area contributed by atoms with Crippen LogP contribution in [0.1, 0.15) is 33.6 Å². The van der Waals surface area contributed by atoms with Crippen molar-refractivity contribution in [2.75, 3.05) is 13.2 Å². The summed E-state index contributed by atoms with van der Waals surface area (Å²) >= 11 is 0. The molecule has 2 nitrogen and oxygen atoms in total. The van der Waals surface area contributed by atoms with Gasteiger partial charge >= 0.3 is 0 Å². The van der Waals surface area contributed by atoms with Crippen LogP contribution >= 0.6 is 0 Å². The fraction of sp³-hybridized carbons (Fsp3) is 0.818. The average molecular weight is 181 g/mol. The molecule has 74 valence electrons. The molecule has 0 radical (unpaired) electrons. The third kappa shape index (κ3) is 3.80. The Morgan fingerprint density at radius 2 is 2.31 bits per heavy atom. The van der Waals surface area contributed by atoms with Crippen molar-refractivity contribution < 1.29 is 4.74 Å². The van der Waals surface area contributed by atoms with Crippen LogP contribution in [-0.2, 0) is 4.74 Å². The van der Waals surface area contributed by atoms with E-state index in [-0.39, 0.29) is 5.60 Å². The van der Waals surface area contributed by atoms with Gasteiger partial charge in [-0.2, -0.15) is 0 Å². The highest BCUT2D eigenvalue weighted by Crippen LogP contribution is 2.24. The molecule has 0 aliphatic carbocycles. The molecular weight excluding hydrogens is 162 g/mol. The second kappa shape index (κ2) is 4.64. The molecule has 0 bridgehead atoms. The fourth-order valence-electron chi connectivity index (χ4n) is 1.63. The van der Waals surface area contributed by atoms with Crippen LogP contribution in [0.2, 0.25) is 0 Å². The third-order valence-electron chi connectivity index (χ3n) is 2.27. The molecule has 1 aliphatic heterocycles. The monoisotopic (exact) mass is 181 g/mol. The van der Waals surface area contributed by atoms with Gasteiger partial charge in [0.1, 0.15) is 0 Å². The molecule has 1 fully saturated rings. The maximum atomic E-state index is 5.61. The van der Waals surface area contributed by atoms with E-state index in [2.05, 4.69) is 31.0 Å². The highest BCUT2D eigenvalue weighted by Gasteiger charge is 2.31. The summed E-state index contributed by atoms with van der Waals surface area (Å²) in [6.45, 7) is 7.97.